The Bertz CT molecular complexity index is 1020. The molecule has 1 amide bonds. The smallest absolute Gasteiger partial charge is 0.220 e. The number of fused-ring (bicyclic) bond motifs is 1. The number of hydrogen-bond acceptors (Lipinski definition) is 6. The first-order chi connectivity index (χ1) is 15.0. The Morgan fingerprint density at radius 2 is 1.55 bits per heavy atom. The normalized spacial score (nSPS) is 12.4. The van der Waals surface area contributed by atoms with E-state index < -0.39 is 0 Å². The molecule has 3 rings (SSSR count). The highest BCUT2D eigenvalue weighted by atomic mass is 16.5. The monoisotopic (exact) mass is 418 g/mol. The lowest BCUT2D eigenvalue weighted by Crippen LogP contribution is -2.27. The molecular weight excluding hydrogens is 392 g/mol. The van der Waals surface area contributed by atoms with Crippen LogP contribution in [0.3, 0.4) is 0 Å². The summed E-state index contributed by atoms with van der Waals surface area (Å²) in [7, 11) is 5.28. The van der Waals surface area contributed by atoms with E-state index >= 15 is 0 Å². The number of nitrogens with zero attached hydrogens (tertiary/aromatic N) is 3. The van der Waals surface area contributed by atoms with Crippen molar-refractivity contribution in [3.63, 3.8) is 0 Å². The number of nitrogens with one attached hydrogen (secondary N) is 1. The van der Waals surface area contributed by atoms with Crippen molar-refractivity contribution in [2.24, 2.45) is 0 Å². The number of ketones is 1. The number of nitriles is 1. The molecule has 1 aliphatic heterocycles. The zero-order valence-corrected chi connectivity index (χ0v) is 18.0. The molecule has 2 aromatic rings. The van der Waals surface area contributed by atoms with E-state index in [0.29, 0.717) is 19.0 Å². The van der Waals surface area contributed by atoms with Gasteiger partial charge in [-0.25, -0.2) is 0 Å². The summed E-state index contributed by atoms with van der Waals surface area (Å²) in [6.45, 7) is 0.826. The number of benzene rings is 2. The number of Topliss-reactive ketones (excluding diaryl/α,β-unsaturated/α-hetero) is 1. The largest absolute Gasteiger partial charge is 0.380 e. The maximum atomic E-state index is 12.8. The van der Waals surface area contributed by atoms with Crippen LogP contribution in [0.1, 0.15) is 24.0 Å². The molecule has 1 N–H and O–H groups in total. The lowest BCUT2D eigenvalue weighted by molar-refractivity contribution is -0.124. The van der Waals surface area contributed by atoms with E-state index in [1.807, 2.05) is 78.5 Å². The van der Waals surface area contributed by atoms with E-state index in [1.54, 1.807) is 7.11 Å². The lowest BCUT2D eigenvalue weighted by atomic mass is 10.1. The van der Waals surface area contributed by atoms with Gasteiger partial charge in [0.05, 0.1) is 18.0 Å². The Kier molecular flexibility index (Phi) is 7.06. The van der Waals surface area contributed by atoms with Crippen molar-refractivity contribution in [1.82, 2.24) is 5.32 Å². The molecule has 0 saturated heterocycles. The van der Waals surface area contributed by atoms with Crippen LogP contribution in [0, 0.1) is 11.3 Å². The van der Waals surface area contributed by atoms with E-state index in [-0.39, 0.29) is 30.1 Å². The molecule has 160 valence electrons. The minimum absolute atomic E-state index is 0.0180. The summed E-state index contributed by atoms with van der Waals surface area (Å²) in [6.07, 6.45) is -0.0138. The molecule has 31 heavy (non-hydrogen) atoms. The van der Waals surface area contributed by atoms with Gasteiger partial charge in [0.25, 0.3) is 0 Å². The van der Waals surface area contributed by atoms with Crippen LogP contribution >= 0.6 is 0 Å². The molecule has 0 unspecified atom stereocenters. The van der Waals surface area contributed by atoms with Crippen LogP contribution in [0.15, 0.2) is 59.9 Å². The Labute approximate surface area is 182 Å². The molecule has 0 fully saturated rings. The molecule has 0 aromatic heterocycles. The molecule has 0 spiro atoms. The summed E-state index contributed by atoms with van der Waals surface area (Å²) in [5.74, 6) is -0.0548. The number of anilines is 2. The van der Waals surface area contributed by atoms with Crippen LogP contribution in [0.2, 0.25) is 0 Å². The van der Waals surface area contributed by atoms with Crippen molar-refractivity contribution >= 4 is 23.1 Å². The van der Waals surface area contributed by atoms with E-state index in [1.165, 1.54) is 0 Å². The van der Waals surface area contributed by atoms with E-state index in [0.717, 1.165) is 22.5 Å². The number of carbonyl (C=O) groups is 2. The average molecular weight is 418 g/mol. The number of carbonyl (C=O) groups excluding carboxylic acids is 2. The van der Waals surface area contributed by atoms with E-state index in [9.17, 15) is 14.9 Å². The predicted molar refractivity (Wildman–Crippen MR) is 119 cm³/mol. The number of allylic oxidation sites excluding steroid dienone is 1. The predicted octanol–water partition coefficient (Wildman–Crippen LogP) is 3.12. The van der Waals surface area contributed by atoms with Gasteiger partial charge in [0, 0.05) is 40.6 Å². The van der Waals surface area contributed by atoms with Gasteiger partial charge >= 0.3 is 0 Å². The van der Waals surface area contributed by atoms with Crippen LogP contribution in [0.5, 0.6) is 0 Å². The van der Waals surface area contributed by atoms with Gasteiger partial charge in [0.2, 0.25) is 5.91 Å². The zero-order chi connectivity index (χ0) is 22.4. The van der Waals surface area contributed by atoms with Crippen molar-refractivity contribution < 1.29 is 14.3 Å². The van der Waals surface area contributed by atoms with Crippen molar-refractivity contribution in [3.05, 3.63) is 71.1 Å². The lowest BCUT2D eigenvalue weighted by Gasteiger charge is -2.19. The SMILES string of the molecule is COCc1ccccc1CNC(=O)CCC(=O)C(C#N)=C1N(C)c2ccccc2N1C. The fraction of sp³-hybridized carbons (Fsp3) is 0.292. The quantitative estimate of drug-likeness (QED) is 0.524. The number of methoxy groups -OCH3 is 1. The standard InChI is InChI=1S/C24H26N4O3/c1-27-20-10-6-7-11-21(20)28(2)24(27)19(14-25)22(29)12-13-23(30)26-15-17-8-4-5-9-18(17)16-31-3/h4-11H,12-13,15-16H2,1-3H3,(H,26,30). The Morgan fingerprint density at radius 3 is 2.13 bits per heavy atom. The maximum absolute atomic E-state index is 12.8. The Balaban J connectivity index is 1.63. The Hall–Kier alpha value is -3.63. The molecular formula is C24H26N4O3. The highest BCUT2D eigenvalue weighted by Crippen LogP contribution is 2.40. The van der Waals surface area contributed by atoms with Gasteiger partial charge in [-0.1, -0.05) is 36.4 Å². The minimum atomic E-state index is -0.348. The molecule has 0 radical (unpaired) electrons. The first-order valence-electron chi connectivity index (χ1n) is 10.0. The first kappa shape index (κ1) is 22.1. The number of hydrogen-bond donors (Lipinski definition) is 1. The second kappa shape index (κ2) is 9.92. The summed E-state index contributed by atoms with van der Waals surface area (Å²) in [5, 5.41) is 12.5. The summed E-state index contributed by atoms with van der Waals surface area (Å²) < 4.78 is 5.18. The minimum Gasteiger partial charge on any atom is -0.380 e. The molecule has 0 saturated carbocycles. The molecule has 1 aliphatic rings. The van der Waals surface area contributed by atoms with Gasteiger partial charge in [-0.2, -0.15) is 5.26 Å². The van der Waals surface area contributed by atoms with Crippen LogP contribution in [0.4, 0.5) is 11.4 Å². The van der Waals surface area contributed by atoms with Crippen LogP contribution < -0.4 is 15.1 Å². The third-order valence-corrected chi connectivity index (χ3v) is 5.33. The summed E-state index contributed by atoms with van der Waals surface area (Å²) in [5.41, 5.74) is 3.88. The first-order valence-corrected chi connectivity index (χ1v) is 10.0. The number of para-hydroxylation sites is 2. The highest BCUT2D eigenvalue weighted by Gasteiger charge is 2.31. The van der Waals surface area contributed by atoms with E-state index in [4.69, 9.17) is 4.74 Å². The molecule has 0 aliphatic carbocycles. The van der Waals surface area contributed by atoms with Crippen molar-refractivity contribution in [1.29, 1.82) is 5.26 Å². The van der Waals surface area contributed by atoms with Crippen LogP contribution in [-0.2, 0) is 27.5 Å². The summed E-state index contributed by atoms with van der Waals surface area (Å²) >= 11 is 0. The number of ether oxygens (including phenoxy) is 1. The molecule has 7 heteroatoms. The second-order valence-electron chi connectivity index (χ2n) is 7.32. The second-order valence-corrected chi connectivity index (χ2v) is 7.32. The van der Waals surface area contributed by atoms with Gasteiger partial charge < -0.3 is 19.9 Å². The van der Waals surface area contributed by atoms with E-state index in [2.05, 4.69) is 5.32 Å². The van der Waals surface area contributed by atoms with Crippen molar-refractivity contribution in [2.75, 3.05) is 31.0 Å². The zero-order valence-electron chi connectivity index (χ0n) is 18.0. The highest BCUT2D eigenvalue weighted by molar-refractivity contribution is 6.03. The fourth-order valence-corrected chi connectivity index (χ4v) is 3.72. The summed E-state index contributed by atoms with van der Waals surface area (Å²) in [4.78, 5) is 28.8. The average Bonchev–Trinajstić information content (AvgIpc) is 3.03. The van der Waals surface area contributed by atoms with Gasteiger partial charge in [-0.3, -0.25) is 9.59 Å². The summed E-state index contributed by atoms with van der Waals surface area (Å²) in [6, 6.07) is 17.5. The van der Waals surface area contributed by atoms with Crippen molar-refractivity contribution in [3.8, 4) is 6.07 Å². The van der Waals surface area contributed by atoms with Crippen LogP contribution in [-0.4, -0.2) is 32.9 Å². The third-order valence-electron chi connectivity index (χ3n) is 5.33. The molecule has 2 aromatic carbocycles. The van der Waals surface area contributed by atoms with Gasteiger partial charge in [0.1, 0.15) is 17.5 Å². The molecule has 0 atom stereocenters. The Morgan fingerprint density at radius 1 is 0.968 bits per heavy atom. The molecule has 1 heterocycles. The maximum Gasteiger partial charge on any atom is 0.220 e. The molecule has 7 nitrogen and oxygen atoms in total. The van der Waals surface area contributed by atoms with Gasteiger partial charge in [0.15, 0.2) is 5.78 Å². The number of rotatable bonds is 8. The van der Waals surface area contributed by atoms with Crippen molar-refractivity contribution in [2.45, 2.75) is 26.0 Å². The van der Waals surface area contributed by atoms with Gasteiger partial charge in [-0.15, -0.1) is 0 Å². The number of amides is 1. The fourth-order valence-electron chi connectivity index (χ4n) is 3.72. The van der Waals surface area contributed by atoms with Crippen LogP contribution in [0.25, 0.3) is 0 Å². The third kappa shape index (κ3) is 4.76. The molecule has 0 bridgehead atoms. The topological polar surface area (TPSA) is 85.7 Å². The van der Waals surface area contributed by atoms with Gasteiger partial charge in [-0.05, 0) is 23.3 Å².